The number of anilines is 1. The van der Waals surface area contributed by atoms with Crippen molar-refractivity contribution in [3.63, 3.8) is 0 Å². The minimum absolute atomic E-state index is 0.0916. The normalized spacial score (nSPS) is 12.7. The van der Waals surface area contributed by atoms with E-state index in [4.69, 9.17) is 14.9 Å². The van der Waals surface area contributed by atoms with Gasteiger partial charge in [0, 0.05) is 7.05 Å². The molecule has 21 heavy (non-hydrogen) atoms. The fourth-order valence-electron chi connectivity index (χ4n) is 1.27. The Morgan fingerprint density at radius 1 is 1.48 bits per heavy atom. The summed E-state index contributed by atoms with van der Waals surface area (Å²) in [7, 11) is 1.64. The van der Waals surface area contributed by atoms with E-state index >= 15 is 0 Å². The van der Waals surface area contributed by atoms with Crippen LogP contribution < -0.4 is 20.9 Å². The Hall–Kier alpha value is -2.23. The van der Waals surface area contributed by atoms with Crippen LogP contribution >= 0.6 is 0 Å². The summed E-state index contributed by atoms with van der Waals surface area (Å²) in [5, 5.41) is 20.3. The van der Waals surface area contributed by atoms with E-state index in [1.54, 1.807) is 20.0 Å². The second-order valence-electron chi connectivity index (χ2n) is 3.92. The minimum atomic E-state index is -0.976. The Bertz CT molecular complexity index is 477. The van der Waals surface area contributed by atoms with Gasteiger partial charge >= 0.3 is 0 Å². The first-order chi connectivity index (χ1) is 10.1. The molecule has 1 aromatic heterocycles. The Kier molecular flexibility index (Phi) is 7.09. The zero-order valence-corrected chi connectivity index (χ0v) is 11.8. The predicted molar refractivity (Wildman–Crippen MR) is 75.2 cm³/mol. The maximum atomic E-state index is 11.8. The molecule has 0 saturated heterocycles. The molecule has 116 valence electrons. The first-order valence-corrected chi connectivity index (χ1v) is 6.24. The number of allylic oxidation sites excluding steroid dienone is 1. The number of amides is 1. The third-order valence-electron chi connectivity index (χ3n) is 2.30. The van der Waals surface area contributed by atoms with Crippen molar-refractivity contribution in [3.05, 3.63) is 24.2 Å². The Morgan fingerprint density at radius 3 is 2.76 bits per heavy atom. The molecule has 9 heteroatoms. The number of carbonyl (C=O) groups excluding carboxylic acids is 1. The quantitative estimate of drug-likeness (QED) is 0.298. The van der Waals surface area contributed by atoms with E-state index in [0.717, 1.165) is 0 Å². The first-order valence-electron chi connectivity index (χ1n) is 6.24. The summed E-state index contributed by atoms with van der Waals surface area (Å²) in [6.07, 6.45) is 3.26. The van der Waals surface area contributed by atoms with Crippen molar-refractivity contribution in [2.45, 2.75) is 13.0 Å². The van der Waals surface area contributed by atoms with Crippen molar-refractivity contribution in [2.75, 3.05) is 25.6 Å². The smallest absolute Gasteiger partial charge is 0.273 e. The van der Waals surface area contributed by atoms with Crippen LogP contribution in [0.2, 0.25) is 0 Å². The van der Waals surface area contributed by atoms with Crippen molar-refractivity contribution in [3.8, 4) is 5.88 Å². The third kappa shape index (κ3) is 5.73. The van der Waals surface area contributed by atoms with Crippen molar-refractivity contribution < 1.29 is 19.7 Å². The molecule has 5 N–H and O–H groups in total. The number of hydrogen-bond acceptors (Lipinski definition) is 8. The van der Waals surface area contributed by atoms with Gasteiger partial charge in [0.05, 0.1) is 19.0 Å². The number of aliphatic hydroxyl groups is 2. The van der Waals surface area contributed by atoms with Gasteiger partial charge < -0.3 is 25.7 Å². The molecule has 1 heterocycles. The highest BCUT2D eigenvalue weighted by atomic mass is 16.5. The molecular weight excluding hydrogens is 278 g/mol. The SMILES string of the molecule is C/C=C(\NNC)C(=O)Nc1cnc(OCC(O)CO)cn1. The van der Waals surface area contributed by atoms with E-state index < -0.39 is 12.7 Å². The molecule has 0 spiro atoms. The summed E-state index contributed by atoms with van der Waals surface area (Å²) in [4.78, 5) is 19.7. The molecule has 1 aromatic rings. The summed E-state index contributed by atoms with van der Waals surface area (Å²) in [6.45, 7) is 1.23. The minimum Gasteiger partial charge on any atom is -0.474 e. The zero-order valence-electron chi connectivity index (χ0n) is 11.8. The lowest BCUT2D eigenvalue weighted by molar-refractivity contribution is -0.113. The van der Waals surface area contributed by atoms with Crippen LogP contribution in [0.1, 0.15) is 6.92 Å². The highest BCUT2D eigenvalue weighted by Gasteiger charge is 2.09. The molecule has 0 aliphatic rings. The summed E-state index contributed by atoms with van der Waals surface area (Å²) in [5.74, 6) is 0.0675. The Morgan fingerprint density at radius 2 is 2.24 bits per heavy atom. The lowest BCUT2D eigenvalue weighted by Gasteiger charge is -2.10. The highest BCUT2D eigenvalue weighted by Crippen LogP contribution is 2.08. The summed E-state index contributed by atoms with van der Waals surface area (Å²) in [6, 6.07) is 0. The van der Waals surface area contributed by atoms with Crippen LogP contribution in [-0.2, 0) is 4.79 Å². The molecule has 1 unspecified atom stereocenters. The van der Waals surface area contributed by atoms with Crippen LogP contribution in [0, 0.1) is 0 Å². The van der Waals surface area contributed by atoms with Gasteiger partial charge in [-0.2, -0.15) is 0 Å². The van der Waals surface area contributed by atoms with Gasteiger partial charge in [-0.25, -0.2) is 15.4 Å². The van der Waals surface area contributed by atoms with Crippen LogP contribution in [0.4, 0.5) is 5.82 Å². The molecule has 1 rings (SSSR count). The molecular formula is C12H19N5O4. The second-order valence-corrected chi connectivity index (χ2v) is 3.92. The highest BCUT2D eigenvalue weighted by molar-refractivity contribution is 6.02. The largest absolute Gasteiger partial charge is 0.474 e. The van der Waals surface area contributed by atoms with Crippen LogP contribution in [0.25, 0.3) is 0 Å². The number of carbonyl (C=O) groups is 1. The van der Waals surface area contributed by atoms with Crippen LogP contribution in [0.3, 0.4) is 0 Å². The van der Waals surface area contributed by atoms with E-state index in [2.05, 4.69) is 26.1 Å². The third-order valence-corrected chi connectivity index (χ3v) is 2.30. The van der Waals surface area contributed by atoms with Crippen molar-refractivity contribution in [1.82, 2.24) is 20.8 Å². The van der Waals surface area contributed by atoms with Gasteiger partial charge in [-0.1, -0.05) is 6.08 Å². The number of nitrogens with one attached hydrogen (secondary N) is 3. The number of hydrogen-bond donors (Lipinski definition) is 5. The summed E-state index contributed by atoms with van der Waals surface area (Å²) >= 11 is 0. The molecule has 0 bridgehead atoms. The van der Waals surface area contributed by atoms with E-state index in [0.29, 0.717) is 5.70 Å². The van der Waals surface area contributed by atoms with Gasteiger partial charge in [-0.15, -0.1) is 0 Å². The standard InChI is InChI=1S/C12H19N5O4/c1-3-9(17-13-2)12(20)16-10-4-15-11(5-14-10)21-7-8(19)6-18/h3-5,8,13,17-19H,6-7H2,1-2H3,(H,14,16,20)/b9-3-. The second kappa shape index (κ2) is 8.84. The lowest BCUT2D eigenvalue weighted by atomic mass is 10.4. The molecule has 9 nitrogen and oxygen atoms in total. The van der Waals surface area contributed by atoms with Gasteiger partial charge in [0.25, 0.3) is 5.91 Å². The zero-order chi connectivity index (χ0) is 15.7. The van der Waals surface area contributed by atoms with Gasteiger partial charge in [-0.05, 0) is 6.92 Å². The molecule has 0 aliphatic heterocycles. The summed E-state index contributed by atoms with van der Waals surface area (Å²) < 4.78 is 5.10. The Balaban J connectivity index is 2.56. The molecule has 0 saturated carbocycles. The fourth-order valence-corrected chi connectivity index (χ4v) is 1.27. The van der Waals surface area contributed by atoms with Gasteiger partial charge in [-0.3, -0.25) is 4.79 Å². The summed E-state index contributed by atoms with van der Waals surface area (Å²) in [5.41, 5.74) is 5.66. The number of nitrogens with zero attached hydrogens (tertiary/aromatic N) is 2. The molecule has 0 aromatic carbocycles. The van der Waals surface area contributed by atoms with Crippen LogP contribution in [0.5, 0.6) is 5.88 Å². The predicted octanol–water partition coefficient (Wildman–Crippen LogP) is -1.23. The van der Waals surface area contributed by atoms with Crippen molar-refractivity contribution in [1.29, 1.82) is 0 Å². The molecule has 1 amide bonds. The number of rotatable bonds is 8. The number of ether oxygens (including phenoxy) is 1. The van der Waals surface area contributed by atoms with Crippen LogP contribution in [-0.4, -0.2) is 52.5 Å². The average Bonchev–Trinajstić information content (AvgIpc) is 2.51. The van der Waals surface area contributed by atoms with Gasteiger partial charge in [0.1, 0.15) is 18.4 Å². The average molecular weight is 297 g/mol. The molecule has 0 radical (unpaired) electrons. The van der Waals surface area contributed by atoms with E-state index in [1.165, 1.54) is 12.4 Å². The first kappa shape index (κ1) is 16.8. The molecule has 1 atom stereocenters. The van der Waals surface area contributed by atoms with E-state index in [1.807, 2.05) is 0 Å². The maximum absolute atomic E-state index is 11.8. The van der Waals surface area contributed by atoms with E-state index in [-0.39, 0.29) is 24.2 Å². The van der Waals surface area contributed by atoms with Crippen LogP contribution in [0.15, 0.2) is 24.2 Å². The topological polar surface area (TPSA) is 129 Å². The Labute approximate surface area is 122 Å². The lowest BCUT2D eigenvalue weighted by Crippen LogP contribution is -2.33. The fraction of sp³-hybridized carbons (Fsp3) is 0.417. The number of hydrazine groups is 1. The number of aromatic nitrogens is 2. The molecule has 0 fully saturated rings. The number of aliphatic hydroxyl groups excluding tert-OH is 2. The molecule has 0 aliphatic carbocycles. The van der Waals surface area contributed by atoms with E-state index in [9.17, 15) is 4.79 Å². The maximum Gasteiger partial charge on any atom is 0.273 e. The van der Waals surface area contributed by atoms with Crippen molar-refractivity contribution in [2.24, 2.45) is 0 Å². The van der Waals surface area contributed by atoms with Gasteiger partial charge in [0.15, 0.2) is 5.82 Å². The van der Waals surface area contributed by atoms with Crippen molar-refractivity contribution >= 4 is 11.7 Å². The van der Waals surface area contributed by atoms with Gasteiger partial charge in [0.2, 0.25) is 5.88 Å². The monoisotopic (exact) mass is 297 g/mol.